The standard InChI is InChI=1S/C22H31N/c1-3-5-8-14-20-15-11-12-18-22(20)23(19-13-6-4-2)21-16-9-7-10-17-21/h7,9-12,15-18H,3-6,8,13-14,19H2,1-2H3. The second-order valence-electron chi connectivity index (χ2n) is 6.28. The number of rotatable bonds is 10. The van der Waals surface area contributed by atoms with Gasteiger partial charge in [0.15, 0.2) is 0 Å². The largest absolute Gasteiger partial charge is 0.341 e. The molecule has 0 aromatic heterocycles. The average molecular weight is 309 g/mol. The van der Waals surface area contributed by atoms with E-state index in [2.05, 4.69) is 73.3 Å². The molecule has 0 N–H and O–H groups in total. The molecule has 0 saturated carbocycles. The van der Waals surface area contributed by atoms with Crippen molar-refractivity contribution in [2.45, 2.75) is 58.8 Å². The molecule has 0 bridgehead atoms. The van der Waals surface area contributed by atoms with Gasteiger partial charge in [-0.3, -0.25) is 0 Å². The minimum atomic E-state index is 1.10. The second kappa shape index (κ2) is 10.1. The topological polar surface area (TPSA) is 3.24 Å². The zero-order chi connectivity index (χ0) is 16.3. The monoisotopic (exact) mass is 309 g/mol. The van der Waals surface area contributed by atoms with Crippen molar-refractivity contribution >= 4 is 11.4 Å². The zero-order valence-corrected chi connectivity index (χ0v) is 14.8. The number of hydrogen-bond acceptors (Lipinski definition) is 1. The van der Waals surface area contributed by atoms with E-state index in [4.69, 9.17) is 0 Å². The van der Waals surface area contributed by atoms with E-state index in [9.17, 15) is 0 Å². The lowest BCUT2D eigenvalue weighted by Crippen LogP contribution is -2.19. The van der Waals surface area contributed by atoms with Crippen molar-refractivity contribution in [3.05, 3.63) is 60.2 Å². The number of nitrogens with zero attached hydrogens (tertiary/aromatic N) is 1. The summed E-state index contributed by atoms with van der Waals surface area (Å²) in [5, 5.41) is 0. The molecule has 0 radical (unpaired) electrons. The third kappa shape index (κ3) is 5.42. The SMILES string of the molecule is CCCCCc1ccccc1N(CCCCC)c1ccccc1. The molecule has 0 unspecified atom stereocenters. The fourth-order valence-electron chi connectivity index (χ4n) is 3.07. The van der Waals surface area contributed by atoms with Crippen molar-refractivity contribution < 1.29 is 0 Å². The number of anilines is 2. The van der Waals surface area contributed by atoms with Crippen LogP contribution in [0.15, 0.2) is 54.6 Å². The van der Waals surface area contributed by atoms with Crippen molar-refractivity contribution in [3.63, 3.8) is 0 Å². The maximum absolute atomic E-state index is 2.51. The molecule has 0 atom stereocenters. The summed E-state index contributed by atoms with van der Waals surface area (Å²) < 4.78 is 0. The van der Waals surface area contributed by atoms with Crippen molar-refractivity contribution in [2.75, 3.05) is 11.4 Å². The van der Waals surface area contributed by atoms with E-state index in [1.807, 2.05) is 0 Å². The third-order valence-electron chi connectivity index (χ3n) is 4.39. The van der Waals surface area contributed by atoms with Crippen molar-refractivity contribution in [1.82, 2.24) is 0 Å². The summed E-state index contributed by atoms with van der Waals surface area (Å²) >= 11 is 0. The van der Waals surface area contributed by atoms with Crippen LogP contribution in [-0.2, 0) is 6.42 Å². The first-order valence-corrected chi connectivity index (χ1v) is 9.27. The maximum Gasteiger partial charge on any atom is 0.0443 e. The lowest BCUT2D eigenvalue weighted by Gasteiger charge is -2.27. The van der Waals surface area contributed by atoms with Gasteiger partial charge in [-0.05, 0) is 43.0 Å². The fraction of sp³-hybridized carbons (Fsp3) is 0.455. The number of benzene rings is 2. The molecule has 1 nitrogen and oxygen atoms in total. The van der Waals surface area contributed by atoms with Crippen LogP contribution < -0.4 is 4.90 Å². The predicted molar refractivity (Wildman–Crippen MR) is 103 cm³/mol. The summed E-state index contributed by atoms with van der Waals surface area (Å²) in [6.07, 6.45) is 8.86. The zero-order valence-electron chi connectivity index (χ0n) is 14.8. The van der Waals surface area contributed by atoms with E-state index >= 15 is 0 Å². The Morgan fingerprint density at radius 1 is 0.696 bits per heavy atom. The first-order valence-electron chi connectivity index (χ1n) is 9.27. The number of hydrogen-bond donors (Lipinski definition) is 0. The van der Waals surface area contributed by atoms with Gasteiger partial charge in [0.2, 0.25) is 0 Å². The molecule has 2 rings (SSSR count). The molecule has 0 aliphatic heterocycles. The van der Waals surface area contributed by atoms with Gasteiger partial charge in [-0.1, -0.05) is 75.9 Å². The van der Waals surface area contributed by atoms with Crippen LogP contribution in [0.25, 0.3) is 0 Å². The van der Waals surface area contributed by atoms with Crippen LogP contribution >= 0.6 is 0 Å². The molecule has 0 spiro atoms. The molecule has 0 aliphatic carbocycles. The van der Waals surface area contributed by atoms with Crippen molar-refractivity contribution in [1.29, 1.82) is 0 Å². The lowest BCUT2D eigenvalue weighted by molar-refractivity contribution is 0.704. The molecule has 0 heterocycles. The molecule has 2 aromatic rings. The smallest absolute Gasteiger partial charge is 0.0443 e. The molecular formula is C22H31N. The fourth-order valence-corrected chi connectivity index (χ4v) is 3.07. The molecule has 124 valence electrons. The Morgan fingerprint density at radius 3 is 2.09 bits per heavy atom. The molecule has 1 heteroatoms. The molecule has 0 saturated heterocycles. The van der Waals surface area contributed by atoms with Crippen molar-refractivity contribution in [2.24, 2.45) is 0 Å². The molecule has 0 amide bonds. The van der Waals surface area contributed by atoms with E-state index < -0.39 is 0 Å². The summed E-state index contributed by atoms with van der Waals surface area (Å²) in [4.78, 5) is 2.51. The number of para-hydroxylation sites is 2. The van der Waals surface area contributed by atoms with Gasteiger partial charge in [0.05, 0.1) is 0 Å². The minimum Gasteiger partial charge on any atom is -0.341 e. The van der Waals surface area contributed by atoms with Crippen molar-refractivity contribution in [3.8, 4) is 0 Å². The van der Waals surface area contributed by atoms with E-state index in [0.717, 1.165) is 6.54 Å². The van der Waals surface area contributed by atoms with E-state index in [1.165, 1.54) is 61.9 Å². The third-order valence-corrected chi connectivity index (χ3v) is 4.39. The highest BCUT2D eigenvalue weighted by Gasteiger charge is 2.12. The Hall–Kier alpha value is -1.76. The van der Waals surface area contributed by atoms with Crippen LogP contribution in [0.4, 0.5) is 11.4 Å². The van der Waals surface area contributed by atoms with Gasteiger partial charge >= 0.3 is 0 Å². The van der Waals surface area contributed by atoms with Gasteiger partial charge in [0.1, 0.15) is 0 Å². The Bertz CT molecular complexity index is 547. The van der Waals surface area contributed by atoms with Gasteiger partial charge in [-0.2, -0.15) is 0 Å². The van der Waals surface area contributed by atoms with Crippen LogP contribution in [-0.4, -0.2) is 6.54 Å². The average Bonchev–Trinajstić information content (AvgIpc) is 2.61. The highest BCUT2D eigenvalue weighted by molar-refractivity contribution is 5.66. The Kier molecular flexibility index (Phi) is 7.72. The summed E-state index contributed by atoms with van der Waals surface area (Å²) in [5.41, 5.74) is 4.19. The highest BCUT2D eigenvalue weighted by atomic mass is 15.1. The van der Waals surface area contributed by atoms with E-state index in [0.29, 0.717) is 0 Å². The molecule has 2 aromatic carbocycles. The normalized spacial score (nSPS) is 10.7. The predicted octanol–water partition coefficient (Wildman–Crippen LogP) is 6.75. The van der Waals surface area contributed by atoms with Crippen LogP contribution in [0.3, 0.4) is 0 Å². The molecule has 0 aliphatic rings. The molecular weight excluding hydrogens is 278 g/mol. The second-order valence-corrected chi connectivity index (χ2v) is 6.28. The Morgan fingerprint density at radius 2 is 1.35 bits per heavy atom. The molecule has 23 heavy (non-hydrogen) atoms. The highest BCUT2D eigenvalue weighted by Crippen LogP contribution is 2.30. The molecule has 0 fully saturated rings. The van der Waals surface area contributed by atoms with Gasteiger partial charge in [-0.15, -0.1) is 0 Å². The summed E-state index contributed by atoms with van der Waals surface area (Å²) in [7, 11) is 0. The first kappa shape index (κ1) is 17.6. The lowest BCUT2D eigenvalue weighted by atomic mass is 10.0. The minimum absolute atomic E-state index is 1.10. The summed E-state index contributed by atoms with van der Waals surface area (Å²) in [5.74, 6) is 0. The first-order chi connectivity index (χ1) is 11.4. The van der Waals surface area contributed by atoms with Crippen LogP contribution in [0.2, 0.25) is 0 Å². The number of unbranched alkanes of at least 4 members (excludes halogenated alkanes) is 4. The maximum atomic E-state index is 2.51. The Balaban J connectivity index is 2.24. The van der Waals surface area contributed by atoms with Gasteiger partial charge in [0, 0.05) is 17.9 Å². The van der Waals surface area contributed by atoms with Gasteiger partial charge in [-0.25, -0.2) is 0 Å². The summed E-state index contributed by atoms with van der Waals surface area (Å²) in [6, 6.07) is 19.8. The number of aryl methyl sites for hydroxylation is 1. The summed E-state index contributed by atoms with van der Waals surface area (Å²) in [6.45, 7) is 5.64. The van der Waals surface area contributed by atoms with Crippen LogP contribution in [0.1, 0.15) is 57.9 Å². The van der Waals surface area contributed by atoms with Gasteiger partial charge in [0.25, 0.3) is 0 Å². The van der Waals surface area contributed by atoms with E-state index in [-0.39, 0.29) is 0 Å². The Labute approximate surface area is 142 Å². The van der Waals surface area contributed by atoms with E-state index in [1.54, 1.807) is 0 Å². The van der Waals surface area contributed by atoms with Crippen LogP contribution in [0.5, 0.6) is 0 Å². The van der Waals surface area contributed by atoms with Gasteiger partial charge < -0.3 is 4.90 Å². The quantitative estimate of drug-likeness (QED) is 0.439. The van der Waals surface area contributed by atoms with Crippen LogP contribution in [0, 0.1) is 0 Å².